The number of aryl methyl sites for hydroxylation is 1. The zero-order chi connectivity index (χ0) is 12.5. The molecule has 3 aromatic rings. The van der Waals surface area contributed by atoms with Crippen molar-refractivity contribution in [3.8, 4) is 0 Å². The Balaban J connectivity index is 2.08. The van der Waals surface area contributed by atoms with Gasteiger partial charge in [0.25, 0.3) is 5.56 Å². The summed E-state index contributed by atoms with van der Waals surface area (Å²) in [6, 6.07) is 9.81. The summed E-state index contributed by atoms with van der Waals surface area (Å²) in [5.41, 5.74) is 2.80. The third-order valence-electron chi connectivity index (χ3n) is 2.90. The first-order valence-corrected chi connectivity index (χ1v) is 5.70. The maximum atomic E-state index is 12.2. The molecule has 0 aliphatic carbocycles. The lowest BCUT2D eigenvalue weighted by Gasteiger charge is -2.04. The van der Waals surface area contributed by atoms with E-state index in [0.29, 0.717) is 17.6 Å². The third-order valence-corrected chi connectivity index (χ3v) is 2.90. The molecule has 90 valence electrons. The van der Waals surface area contributed by atoms with E-state index in [0.717, 1.165) is 11.3 Å². The van der Waals surface area contributed by atoms with E-state index in [9.17, 15) is 4.79 Å². The molecular formula is C13H12N4O. The van der Waals surface area contributed by atoms with Crippen molar-refractivity contribution in [2.24, 2.45) is 0 Å². The van der Waals surface area contributed by atoms with Gasteiger partial charge in [0.15, 0.2) is 5.52 Å². The van der Waals surface area contributed by atoms with Crippen molar-refractivity contribution in [2.75, 3.05) is 0 Å². The van der Waals surface area contributed by atoms with Crippen LogP contribution in [0.15, 0.2) is 41.5 Å². The molecule has 0 aliphatic heterocycles. The van der Waals surface area contributed by atoms with Gasteiger partial charge in [0.1, 0.15) is 5.52 Å². The van der Waals surface area contributed by atoms with Gasteiger partial charge in [-0.25, -0.2) is 4.98 Å². The molecule has 0 fully saturated rings. The lowest BCUT2D eigenvalue weighted by molar-refractivity contribution is 0.746. The quantitative estimate of drug-likeness (QED) is 0.737. The number of benzene rings is 1. The van der Waals surface area contributed by atoms with Crippen molar-refractivity contribution in [1.82, 2.24) is 19.7 Å². The number of fused-ring (bicyclic) bond motifs is 1. The number of aromatic nitrogens is 4. The van der Waals surface area contributed by atoms with Crippen LogP contribution >= 0.6 is 0 Å². The van der Waals surface area contributed by atoms with Crippen molar-refractivity contribution in [1.29, 1.82) is 0 Å². The van der Waals surface area contributed by atoms with Crippen molar-refractivity contribution >= 4 is 11.0 Å². The lowest BCUT2D eigenvalue weighted by atomic mass is 10.2. The Labute approximate surface area is 103 Å². The van der Waals surface area contributed by atoms with Gasteiger partial charge in [-0.3, -0.25) is 14.5 Å². The fraction of sp³-hybridized carbons (Fsp3) is 0.154. The van der Waals surface area contributed by atoms with Crippen LogP contribution in [0.2, 0.25) is 0 Å². The standard InChI is InChI=1S/C13H12N4O/c1-9-11-12(16-15-9)13(18)17(8-14-11)7-10-5-3-2-4-6-10/h2-6,8H,7H2,1H3,(H,15,16). The summed E-state index contributed by atoms with van der Waals surface area (Å²) in [7, 11) is 0. The Morgan fingerprint density at radius 2 is 2.00 bits per heavy atom. The first kappa shape index (κ1) is 10.7. The first-order valence-electron chi connectivity index (χ1n) is 5.70. The summed E-state index contributed by atoms with van der Waals surface area (Å²) in [4.78, 5) is 16.5. The van der Waals surface area contributed by atoms with E-state index in [4.69, 9.17) is 0 Å². The molecule has 0 atom stereocenters. The molecule has 3 rings (SSSR count). The van der Waals surface area contributed by atoms with Gasteiger partial charge in [0.2, 0.25) is 0 Å². The Hall–Kier alpha value is -2.43. The fourth-order valence-electron chi connectivity index (χ4n) is 1.94. The summed E-state index contributed by atoms with van der Waals surface area (Å²) in [5, 5.41) is 6.78. The molecule has 0 radical (unpaired) electrons. The molecule has 0 saturated heterocycles. The summed E-state index contributed by atoms with van der Waals surface area (Å²) in [5.74, 6) is 0. The van der Waals surface area contributed by atoms with Crippen LogP contribution in [0.25, 0.3) is 11.0 Å². The highest BCUT2D eigenvalue weighted by Crippen LogP contribution is 2.07. The molecule has 0 saturated carbocycles. The molecule has 2 heterocycles. The highest BCUT2D eigenvalue weighted by Gasteiger charge is 2.09. The van der Waals surface area contributed by atoms with Gasteiger partial charge in [-0.2, -0.15) is 5.10 Å². The summed E-state index contributed by atoms with van der Waals surface area (Å²) in [6.07, 6.45) is 1.57. The van der Waals surface area contributed by atoms with Gasteiger partial charge in [0.05, 0.1) is 18.6 Å². The van der Waals surface area contributed by atoms with Crippen LogP contribution in [0.1, 0.15) is 11.3 Å². The Bertz CT molecular complexity index is 743. The van der Waals surface area contributed by atoms with Crippen LogP contribution in [-0.2, 0) is 6.54 Å². The lowest BCUT2D eigenvalue weighted by Crippen LogP contribution is -2.21. The molecule has 1 N–H and O–H groups in total. The van der Waals surface area contributed by atoms with Crippen molar-refractivity contribution in [3.63, 3.8) is 0 Å². The normalized spacial score (nSPS) is 10.9. The Kier molecular flexibility index (Phi) is 2.44. The zero-order valence-corrected chi connectivity index (χ0v) is 9.92. The largest absolute Gasteiger partial charge is 0.293 e. The van der Waals surface area contributed by atoms with Crippen molar-refractivity contribution < 1.29 is 0 Å². The minimum Gasteiger partial charge on any atom is -0.293 e. The molecule has 1 aromatic carbocycles. The average Bonchev–Trinajstić information content (AvgIpc) is 2.77. The van der Waals surface area contributed by atoms with E-state index < -0.39 is 0 Å². The predicted octanol–water partition coefficient (Wildman–Crippen LogP) is 1.48. The molecular weight excluding hydrogens is 228 g/mol. The van der Waals surface area contributed by atoms with Crippen LogP contribution in [0, 0.1) is 6.92 Å². The van der Waals surface area contributed by atoms with Crippen molar-refractivity contribution in [3.05, 3.63) is 58.3 Å². The number of rotatable bonds is 2. The van der Waals surface area contributed by atoms with Crippen LogP contribution in [-0.4, -0.2) is 19.7 Å². The second-order valence-electron chi connectivity index (χ2n) is 4.21. The van der Waals surface area contributed by atoms with E-state index in [1.54, 1.807) is 10.9 Å². The minimum absolute atomic E-state index is 0.117. The molecule has 5 heteroatoms. The smallest absolute Gasteiger partial charge is 0.282 e. The van der Waals surface area contributed by atoms with Crippen LogP contribution in [0.3, 0.4) is 0 Å². The molecule has 5 nitrogen and oxygen atoms in total. The number of aromatic amines is 1. The molecule has 2 aromatic heterocycles. The maximum Gasteiger partial charge on any atom is 0.282 e. The van der Waals surface area contributed by atoms with E-state index in [1.807, 2.05) is 37.3 Å². The first-order chi connectivity index (χ1) is 8.75. The third kappa shape index (κ3) is 1.69. The van der Waals surface area contributed by atoms with Gasteiger partial charge in [-0.15, -0.1) is 0 Å². The van der Waals surface area contributed by atoms with E-state index in [1.165, 1.54) is 0 Å². The number of nitrogens with one attached hydrogen (secondary N) is 1. The Morgan fingerprint density at radius 3 is 2.78 bits per heavy atom. The summed E-state index contributed by atoms with van der Waals surface area (Å²) in [6.45, 7) is 2.36. The van der Waals surface area contributed by atoms with E-state index in [-0.39, 0.29) is 5.56 Å². The monoisotopic (exact) mass is 240 g/mol. The van der Waals surface area contributed by atoms with Gasteiger partial charge in [-0.05, 0) is 12.5 Å². The minimum atomic E-state index is -0.117. The fourth-order valence-corrected chi connectivity index (χ4v) is 1.94. The maximum absolute atomic E-state index is 12.2. The molecule has 0 spiro atoms. The Morgan fingerprint density at radius 1 is 1.22 bits per heavy atom. The number of hydrogen-bond donors (Lipinski definition) is 1. The van der Waals surface area contributed by atoms with Crippen molar-refractivity contribution in [2.45, 2.75) is 13.5 Å². The zero-order valence-electron chi connectivity index (χ0n) is 9.92. The second-order valence-corrected chi connectivity index (χ2v) is 4.21. The van der Waals surface area contributed by atoms with Crippen LogP contribution in [0.4, 0.5) is 0 Å². The molecule has 18 heavy (non-hydrogen) atoms. The summed E-state index contributed by atoms with van der Waals surface area (Å²) >= 11 is 0. The molecule has 0 bridgehead atoms. The molecule has 0 amide bonds. The average molecular weight is 240 g/mol. The van der Waals surface area contributed by atoms with Gasteiger partial charge in [-0.1, -0.05) is 30.3 Å². The van der Waals surface area contributed by atoms with Gasteiger partial charge >= 0.3 is 0 Å². The molecule has 0 aliphatic rings. The summed E-state index contributed by atoms with van der Waals surface area (Å²) < 4.78 is 1.57. The SMILES string of the molecule is Cc1[nH]nc2c(=O)n(Cc3ccccc3)cnc12. The predicted molar refractivity (Wildman–Crippen MR) is 68.4 cm³/mol. The van der Waals surface area contributed by atoms with Crippen LogP contribution < -0.4 is 5.56 Å². The molecule has 0 unspecified atom stereocenters. The number of nitrogens with zero attached hydrogens (tertiary/aromatic N) is 3. The second kappa shape index (κ2) is 4.10. The highest BCUT2D eigenvalue weighted by molar-refractivity contribution is 5.75. The number of hydrogen-bond acceptors (Lipinski definition) is 3. The van der Waals surface area contributed by atoms with E-state index in [2.05, 4.69) is 15.2 Å². The van der Waals surface area contributed by atoms with E-state index >= 15 is 0 Å². The number of H-pyrrole nitrogens is 1. The van der Waals surface area contributed by atoms with Gasteiger partial charge in [0, 0.05) is 0 Å². The topological polar surface area (TPSA) is 63.6 Å². The van der Waals surface area contributed by atoms with Crippen LogP contribution in [0.5, 0.6) is 0 Å². The highest BCUT2D eigenvalue weighted by atomic mass is 16.1. The van der Waals surface area contributed by atoms with Gasteiger partial charge < -0.3 is 0 Å².